The first-order valence-electron chi connectivity index (χ1n) is 6.10. The van der Waals surface area contributed by atoms with Crippen molar-refractivity contribution in [2.75, 3.05) is 26.2 Å². The molecule has 1 aliphatic rings. The number of hydrogen-bond acceptors (Lipinski definition) is 4. The van der Waals surface area contributed by atoms with Crippen molar-refractivity contribution in [1.29, 1.82) is 0 Å². The zero-order valence-electron chi connectivity index (χ0n) is 10.7. The Kier molecular flexibility index (Phi) is 4.14. The minimum Gasteiger partial charge on any atom is -0.465 e. The lowest BCUT2D eigenvalue weighted by atomic mass is 10.1. The molecule has 0 unspecified atom stereocenters. The van der Waals surface area contributed by atoms with Crippen LogP contribution < -0.4 is 0 Å². The largest absolute Gasteiger partial charge is 0.465 e. The molecule has 0 atom stereocenters. The van der Waals surface area contributed by atoms with E-state index in [9.17, 15) is 19.3 Å². The monoisotopic (exact) mass is 283 g/mol. The maximum Gasteiger partial charge on any atom is 0.407 e. The van der Waals surface area contributed by atoms with E-state index >= 15 is 0 Å². The van der Waals surface area contributed by atoms with E-state index in [-0.39, 0.29) is 0 Å². The summed E-state index contributed by atoms with van der Waals surface area (Å²) in [5.41, 5.74) is 0.105. The minimum absolute atomic E-state index is 0.401. The Morgan fingerprint density at radius 3 is 2.55 bits per heavy atom. The molecule has 1 amide bonds. The van der Waals surface area contributed by atoms with Gasteiger partial charge < -0.3 is 10.0 Å². The third kappa shape index (κ3) is 3.21. The summed E-state index contributed by atoms with van der Waals surface area (Å²) in [4.78, 5) is 24.0. The van der Waals surface area contributed by atoms with Crippen molar-refractivity contribution in [1.82, 2.24) is 9.80 Å². The molecule has 0 aromatic heterocycles. The van der Waals surface area contributed by atoms with Crippen molar-refractivity contribution in [2.24, 2.45) is 0 Å². The molecule has 1 aliphatic heterocycles. The van der Waals surface area contributed by atoms with Crippen LogP contribution in [0.1, 0.15) is 5.56 Å². The van der Waals surface area contributed by atoms with Gasteiger partial charge in [0.1, 0.15) is 0 Å². The highest BCUT2D eigenvalue weighted by atomic mass is 19.1. The molecular formula is C12H14FN3O4. The highest BCUT2D eigenvalue weighted by molar-refractivity contribution is 5.65. The number of halogens is 1. The predicted molar refractivity (Wildman–Crippen MR) is 67.9 cm³/mol. The van der Waals surface area contributed by atoms with E-state index in [0.717, 1.165) is 6.07 Å². The zero-order chi connectivity index (χ0) is 14.7. The summed E-state index contributed by atoms with van der Waals surface area (Å²) in [6.45, 7) is 2.35. The second-order valence-electron chi connectivity index (χ2n) is 4.59. The Morgan fingerprint density at radius 2 is 2.00 bits per heavy atom. The predicted octanol–water partition coefficient (Wildman–Crippen LogP) is 1.53. The smallest absolute Gasteiger partial charge is 0.407 e. The van der Waals surface area contributed by atoms with Gasteiger partial charge in [-0.1, -0.05) is 6.07 Å². The molecule has 7 nitrogen and oxygen atoms in total. The molecule has 1 fully saturated rings. The molecule has 0 spiro atoms. The first-order valence-corrected chi connectivity index (χ1v) is 6.10. The maximum atomic E-state index is 13.2. The number of rotatable bonds is 3. The van der Waals surface area contributed by atoms with E-state index in [1.165, 1.54) is 17.0 Å². The van der Waals surface area contributed by atoms with Gasteiger partial charge in [0.25, 0.3) is 0 Å². The normalized spacial score (nSPS) is 16.1. The fourth-order valence-electron chi connectivity index (χ4n) is 2.15. The third-order valence-corrected chi connectivity index (χ3v) is 3.26. The van der Waals surface area contributed by atoms with Crippen molar-refractivity contribution in [3.63, 3.8) is 0 Å². The lowest BCUT2D eigenvalue weighted by Crippen LogP contribution is -2.47. The average molecular weight is 283 g/mol. The summed E-state index contributed by atoms with van der Waals surface area (Å²) >= 11 is 0. The average Bonchev–Trinajstić information content (AvgIpc) is 2.41. The van der Waals surface area contributed by atoms with Crippen LogP contribution >= 0.6 is 0 Å². The third-order valence-electron chi connectivity index (χ3n) is 3.26. The van der Waals surface area contributed by atoms with Crippen LogP contribution in [0, 0.1) is 15.9 Å². The molecule has 8 heteroatoms. The van der Waals surface area contributed by atoms with Gasteiger partial charge >= 0.3 is 11.8 Å². The van der Waals surface area contributed by atoms with Gasteiger partial charge in [-0.3, -0.25) is 15.0 Å². The Balaban J connectivity index is 1.99. The van der Waals surface area contributed by atoms with E-state index in [1.54, 1.807) is 0 Å². The summed E-state index contributed by atoms with van der Waals surface area (Å²) in [5.74, 6) is -0.852. The summed E-state index contributed by atoms with van der Waals surface area (Å²) in [6.07, 6.45) is -0.943. The molecule has 108 valence electrons. The van der Waals surface area contributed by atoms with Crippen molar-refractivity contribution in [2.45, 2.75) is 6.54 Å². The second kappa shape index (κ2) is 5.83. The Hall–Kier alpha value is -2.22. The van der Waals surface area contributed by atoms with Crippen LogP contribution in [0.3, 0.4) is 0 Å². The number of amides is 1. The standard InChI is InChI=1S/C12H14FN3O4/c13-10-2-1-9(7-11(10)16(19)20)8-14-3-5-15(6-4-14)12(17)18/h1-2,7H,3-6,8H2,(H,17,18). The SMILES string of the molecule is O=C(O)N1CCN(Cc2ccc(F)c([N+](=O)[O-])c2)CC1. The lowest BCUT2D eigenvalue weighted by molar-refractivity contribution is -0.387. The van der Waals surface area contributed by atoms with Gasteiger partial charge in [-0.05, 0) is 11.6 Å². The summed E-state index contributed by atoms with van der Waals surface area (Å²) < 4.78 is 13.2. The lowest BCUT2D eigenvalue weighted by Gasteiger charge is -2.33. The Morgan fingerprint density at radius 1 is 1.35 bits per heavy atom. The number of nitrogens with zero attached hydrogens (tertiary/aromatic N) is 3. The molecular weight excluding hydrogens is 269 g/mol. The van der Waals surface area contributed by atoms with Crippen LogP contribution in [0.25, 0.3) is 0 Å². The fraction of sp³-hybridized carbons (Fsp3) is 0.417. The Bertz CT molecular complexity index is 529. The van der Waals surface area contributed by atoms with E-state index in [2.05, 4.69) is 0 Å². The highest BCUT2D eigenvalue weighted by Crippen LogP contribution is 2.20. The van der Waals surface area contributed by atoms with E-state index in [1.807, 2.05) is 4.90 Å². The number of piperazine rings is 1. The number of carbonyl (C=O) groups is 1. The van der Waals surface area contributed by atoms with E-state index in [4.69, 9.17) is 5.11 Å². The molecule has 1 saturated heterocycles. The second-order valence-corrected chi connectivity index (χ2v) is 4.59. The van der Waals surface area contributed by atoms with Gasteiger partial charge in [-0.2, -0.15) is 4.39 Å². The number of nitro groups is 1. The molecule has 0 bridgehead atoms. The first kappa shape index (κ1) is 14.2. The van der Waals surface area contributed by atoms with Gasteiger partial charge in [-0.15, -0.1) is 0 Å². The molecule has 0 aliphatic carbocycles. The molecule has 1 heterocycles. The number of hydrogen-bond donors (Lipinski definition) is 1. The van der Waals surface area contributed by atoms with Crippen molar-refractivity contribution in [3.05, 3.63) is 39.7 Å². The van der Waals surface area contributed by atoms with Gasteiger partial charge in [0.05, 0.1) is 4.92 Å². The number of nitro benzene ring substituents is 1. The Labute approximate surface area is 114 Å². The number of benzene rings is 1. The summed E-state index contributed by atoms with van der Waals surface area (Å²) in [6, 6.07) is 3.81. The molecule has 1 N–H and O–H groups in total. The first-order chi connectivity index (χ1) is 9.47. The van der Waals surface area contributed by atoms with Gasteiger partial charge in [0, 0.05) is 38.8 Å². The molecule has 1 aromatic carbocycles. The molecule has 1 aromatic rings. The summed E-state index contributed by atoms with van der Waals surface area (Å²) in [5, 5.41) is 19.5. The van der Waals surface area contributed by atoms with Crippen LogP contribution in [-0.2, 0) is 6.54 Å². The van der Waals surface area contributed by atoms with Crippen LogP contribution in [0.2, 0.25) is 0 Å². The topological polar surface area (TPSA) is 86.9 Å². The van der Waals surface area contributed by atoms with Crippen molar-refractivity contribution in [3.8, 4) is 0 Å². The number of carboxylic acid groups (broad SMARTS) is 1. The maximum absolute atomic E-state index is 13.2. The van der Waals surface area contributed by atoms with Crippen molar-refractivity contribution < 1.29 is 19.2 Å². The van der Waals surface area contributed by atoms with E-state index in [0.29, 0.717) is 38.3 Å². The minimum atomic E-state index is -0.943. The van der Waals surface area contributed by atoms with Crippen LogP contribution in [0.15, 0.2) is 18.2 Å². The van der Waals surface area contributed by atoms with Crippen molar-refractivity contribution >= 4 is 11.8 Å². The molecule has 0 radical (unpaired) electrons. The van der Waals surface area contributed by atoms with E-state index < -0.39 is 22.5 Å². The van der Waals surface area contributed by atoms with Crippen LogP contribution in [0.5, 0.6) is 0 Å². The van der Waals surface area contributed by atoms with Gasteiger partial charge in [0.2, 0.25) is 5.82 Å². The molecule has 2 rings (SSSR count). The van der Waals surface area contributed by atoms with Crippen LogP contribution in [-0.4, -0.2) is 52.1 Å². The van der Waals surface area contributed by atoms with Crippen LogP contribution in [0.4, 0.5) is 14.9 Å². The molecule has 0 saturated carbocycles. The quantitative estimate of drug-likeness (QED) is 0.671. The molecule has 20 heavy (non-hydrogen) atoms. The van der Waals surface area contributed by atoms with Gasteiger partial charge in [-0.25, -0.2) is 4.79 Å². The summed E-state index contributed by atoms with van der Waals surface area (Å²) in [7, 11) is 0. The van der Waals surface area contributed by atoms with Gasteiger partial charge in [0.15, 0.2) is 0 Å². The zero-order valence-corrected chi connectivity index (χ0v) is 10.7. The highest BCUT2D eigenvalue weighted by Gasteiger charge is 2.21. The fourth-order valence-corrected chi connectivity index (χ4v) is 2.15.